The highest BCUT2D eigenvalue weighted by Gasteiger charge is 2.17. The topological polar surface area (TPSA) is 29.1 Å². The summed E-state index contributed by atoms with van der Waals surface area (Å²) in [6.45, 7) is 2.02. The number of hydrogen-bond acceptors (Lipinski definition) is 1. The lowest BCUT2D eigenvalue weighted by atomic mass is 9.97. The number of rotatable bonds is 5. The monoisotopic (exact) mass is 333 g/mol. The van der Waals surface area contributed by atoms with Gasteiger partial charge in [0.1, 0.15) is 5.82 Å². The molecule has 1 N–H and O–H groups in total. The highest BCUT2D eigenvalue weighted by Crippen LogP contribution is 2.23. The first-order chi connectivity index (χ1) is 12.1. The number of benzene rings is 3. The van der Waals surface area contributed by atoms with E-state index in [-0.39, 0.29) is 24.2 Å². The van der Waals surface area contributed by atoms with Crippen molar-refractivity contribution in [2.75, 3.05) is 0 Å². The van der Waals surface area contributed by atoms with Crippen LogP contribution >= 0.6 is 0 Å². The average molecular weight is 333 g/mol. The minimum atomic E-state index is -0.357. The van der Waals surface area contributed by atoms with Gasteiger partial charge in [0.05, 0.1) is 12.5 Å². The van der Waals surface area contributed by atoms with Crippen molar-refractivity contribution in [3.05, 3.63) is 107 Å². The highest BCUT2D eigenvalue weighted by molar-refractivity contribution is 5.79. The number of hydrogen-bond donors (Lipinski definition) is 1. The molecule has 126 valence electrons. The third-order valence-electron chi connectivity index (χ3n) is 4.12. The van der Waals surface area contributed by atoms with Crippen molar-refractivity contribution in [3.63, 3.8) is 0 Å². The maximum Gasteiger partial charge on any atom is 0.225 e. The lowest BCUT2D eigenvalue weighted by molar-refractivity contribution is -0.121. The Labute approximate surface area is 147 Å². The van der Waals surface area contributed by atoms with Crippen LogP contribution in [0.2, 0.25) is 0 Å². The predicted octanol–water partition coefficient (Wildman–Crippen LogP) is 4.58. The molecule has 0 spiro atoms. The van der Waals surface area contributed by atoms with Gasteiger partial charge in [0.2, 0.25) is 5.91 Å². The van der Waals surface area contributed by atoms with Crippen molar-refractivity contribution in [2.45, 2.75) is 19.4 Å². The summed E-state index contributed by atoms with van der Waals surface area (Å²) in [5, 5.41) is 3.05. The Morgan fingerprint density at radius 3 is 2.32 bits per heavy atom. The Balaban J connectivity index is 1.85. The summed E-state index contributed by atoms with van der Waals surface area (Å²) in [5.74, 6) is -0.565. The van der Waals surface area contributed by atoms with E-state index in [1.54, 1.807) is 18.2 Å². The van der Waals surface area contributed by atoms with Crippen LogP contribution in [0.5, 0.6) is 0 Å². The molecule has 3 aromatic rings. The molecular formula is C22H20FNO. The van der Waals surface area contributed by atoms with Crippen molar-refractivity contribution < 1.29 is 9.18 Å². The van der Waals surface area contributed by atoms with E-state index in [1.807, 2.05) is 55.5 Å². The van der Waals surface area contributed by atoms with Gasteiger partial charge in [-0.1, -0.05) is 78.4 Å². The minimum Gasteiger partial charge on any atom is -0.345 e. The van der Waals surface area contributed by atoms with Crippen LogP contribution in [0.4, 0.5) is 4.39 Å². The number of halogens is 1. The van der Waals surface area contributed by atoms with Crippen molar-refractivity contribution >= 4 is 5.91 Å². The molecule has 0 saturated carbocycles. The summed E-state index contributed by atoms with van der Waals surface area (Å²) in [7, 11) is 0. The first-order valence-electron chi connectivity index (χ1n) is 8.28. The molecule has 0 fully saturated rings. The van der Waals surface area contributed by atoms with E-state index < -0.39 is 0 Å². The molecule has 3 heteroatoms. The normalized spacial score (nSPS) is 11.8. The third-order valence-corrected chi connectivity index (χ3v) is 4.12. The summed E-state index contributed by atoms with van der Waals surface area (Å²) in [6, 6.07) is 24.0. The molecular weight excluding hydrogens is 313 g/mol. The molecule has 3 aromatic carbocycles. The molecule has 0 radical (unpaired) electrons. The SMILES string of the molecule is Cc1cccc([C@@H](NC(=O)Cc2ccccc2F)c2ccccc2)c1. The zero-order chi connectivity index (χ0) is 17.6. The van der Waals surface area contributed by atoms with Crippen molar-refractivity contribution in [2.24, 2.45) is 0 Å². The third kappa shape index (κ3) is 4.32. The van der Waals surface area contributed by atoms with Crippen LogP contribution in [-0.2, 0) is 11.2 Å². The van der Waals surface area contributed by atoms with E-state index in [2.05, 4.69) is 11.4 Å². The molecule has 1 atom stereocenters. The van der Waals surface area contributed by atoms with Gasteiger partial charge in [-0.15, -0.1) is 0 Å². The summed E-state index contributed by atoms with van der Waals surface area (Å²) >= 11 is 0. The molecule has 3 rings (SSSR count). The largest absolute Gasteiger partial charge is 0.345 e. The van der Waals surface area contributed by atoms with E-state index in [9.17, 15) is 9.18 Å². The number of carbonyl (C=O) groups excluding carboxylic acids is 1. The fraction of sp³-hybridized carbons (Fsp3) is 0.136. The van der Waals surface area contributed by atoms with Gasteiger partial charge in [-0.2, -0.15) is 0 Å². The van der Waals surface area contributed by atoms with Crippen LogP contribution in [0.3, 0.4) is 0 Å². The lowest BCUT2D eigenvalue weighted by Gasteiger charge is -2.20. The zero-order valence-corrected chi connectivity index (χ0v) is 14.1. The highest BCUT2D eigenvalue weighted by atomic mass is 19.1. The molecule has 0 saturated heterocycles. The zero-order valence-electron chi connectivity index (χ0n) is 14.1. The van der Waals surface area contributed by atoms with Crippen LogP contribution in [0.1, 0.15) is 28.3 Å². The Bertz CT molecular complexity index is 861. The second kappa shape index (κ2) is 7.75. The smallest absolute Gasteiger partial charge is 0.225 e. The van der Waals surface area contributed by atoms with Crippen LogP contribution < -0.4 is 5.32 Å². The first kappa shape index (κ1) is 16.9. The molecule has 25 heavy (non-hydrogen) atoms. The number of aryl methyl sites for hydroxylation is 1. The Morgan fingerprint density at radius 1 is 0.920 bits per heavy atom. The van der Waals surface area contributed by atoms with E-state index in [4.69, 9.17) is 0 Å². The van der Waals surface area contributed by atoms with Crippen LogP contribution in [-0.4, -0.2) is 5.91 Å². The van der Waals surface area contributed by atoms with Crippen LogP contribution in [0.15, 0.2) is 78.9 Å². The minimum absolute atomic E-state index is 0.0157. The van der Waals surface area contributed by atoms with E-state index in [1.165, 1.54) is 6.07 Å². The van der Waals surface area contributed by atoms with Crippen LogP contribution in [0.25, 0.3) is 0 Å². The fourth-order valence-electron chi connectivity index (χ4n) is 2.88. The van der Waals surface area contributed by atoms with Gasteiger partial charge in [-0.05, 0) is 29.7 Å². The first-order valence-corrected chi connectivity index (χ1v) is 8.28. The summed E-state index contributed by atoms with van der Waals surface area (Å²) in [6.07, 6.45) is 0.0157. The summed E-state index contributed by atoms with van der Waals surface area (Å²) < 4.78 is 13.8. The number of amides is 1. The predicted molar refractivity (Wildman–Crippen MR) is 97.7 cm³/mol. The van der Waals surface area contributed by atoms with Gasteiger partial charge in [0.15, 0.2) is 0 Å². The van der Waals surface area contributed by atoms with Gasteiger partial charge in [0.25, 0.3) is 0 Å². The van der Waals surface area contributed by atoms with Gasteiger partial charge in [0, 0.05) is 0 Å². The Morgan fingerprint density at radius 2 is 1.60 bits per heavy atom. The van der Waals surface area contributed by atoms with Gasteiger partial charge in [-0.25, -0.2) is 4.39 Å². The van der Waals surface area contributed by atoms with E-state index in [0.29, 0.717) is 5.56 Å². The van der Waals surface area contributed by atoms with E-state index in [0.717, 1.165) is 16.7 Å². The van der Waals surface area contributed by atoms with Crippen molar-refractivity contribution in [1.29, 1.82) is 0 Å². The lowest BCUT2D eigenvalue weighted by Crippen LogP contribution is -2.30. The maximum absolute atomic E-state index is 13.8. The average Bonchev–Trinajstić information content (AvgIpc) is 2.62. The fourth-order valence-corrected chi connectivity index (χ4v) is 2.88. The summed E-state index contributed by atoms with van der Waals surface area (Å²) in [5.41, 5.74) is 3.53. The van der Waals surface area contributed by atoms with Crippen molar-refractivity contribution in [1.82, 2.24) is 5.32 Å². The van der Waals surface area contributed by atoms with Gasteiger partial charge >= 0.3 is 0 Å². The maximum atomic E-state index is 13.8. The molecule has 0 heterocycles. The second-order valence-corrected chi connectivity index (χ2v) is 6.09. The number of carbonyl (C=O) groups is 1. The summed E-state index contributed by atoms with van der Waals surface area (Å²) in [4.78, 5) is 12.5. The van der Waals surface area contributed by atoms with Gasteiger partial charge in [-0.3, -0.25) is 4.79 Å². The Kier molecular flexibility index (Phi) is 5.24. The Hall–Kier alpha value is -2.94. The molecule has 0 aliphatic carbocycles. The molecule has 0 aliphatic rings. The molecule has 0 bridgehead atoms. The van der Waals surface area contributed by atoms with Crippen molar-refractivity contribution in [3.8, 4) is 0 Å². The molecule has 1 amide bonds. The standard InChI is InChI=1S/C22H20FNO/c1-16-8-7-12-19(14-16)22(17-9-3-2-4-10-17)24-21(25)15-18-11-5-6-13-20(18)23/h2-14,22H,15H2,1H3,(H,24,25)/t22-/m0/s1. The number of nitrogens with one attached hydrogen (secondary N) is 1. The molecule has 0 aromatic heterocycles. The van der Waals surface area contributed by atoms with E-state index >= 15 is 0 Å². The molecule has 0 unspecified atom stereocenters. The molecule has 0 aliphatic heterocycles. The quantitative estimate of drug-likeness (QED) is 0.727. The van der Waals surface area contributed by atoms with Crippen LogP contribution in [0, 0.1) is 12.7 Å². The van der Waals surface area contributed by atoms with Gasteiger partial charge < -0.3 is 5.32 Å². The second-order valence-electron chi connectivity index (χ2n) is 6.09. The molecule has 2 nitrogen and oxygen atoms in total.